The van der Waals surface area contributed by atoms with Gasteiger partial charge in [-0.15, -0.1) is 24.0 Å². The fourth-order valence-corrected chi connectivity index (χ4v) is 3.81. The van der Waals surface area contributed by atoms with Crippen LogP contribution >= 0.6 is 24.0 Å². The topological polar surface area (TPSA) is 114 Å². The molecule has 0 atom stereocenters. The van der Waals surface area contributed by atoms with Crippen molar-refractivity contribution in [3.63, 3.8) is 0 Å². The molecule has 30 heavy (non-hydrogen) atoms. The van der Waals surface area contributed by atoms with Gasteiger partial charge in [0.05, 0.1) is 0 Å². The first kappa shape index (κ1) is 27.0. The average molecular weight is 555 g/mol. The first-order valence-electron chi connectivity index (χ1n) is 10.2. The minimum absolute atomic E-state index is 0. The number of nitrogens with zero attached hydrogens (tertiary/aromatic N) is 2. The van der Waals surface area contributed by atoms with Crippen molar-refractivity contribution in [3.05, 3.63) is 24.5 Å². The summed E-state index contributed by atoms with van der Waals surface area (Å²) < 4.78 is 37.9. The van der Waals surface area contributed by atoms with Gasteiger partial charge in [-0.3, -0.25) is 9.98 Å². The molecular formula is C19H34IN5O4S. The number of nitrogens with one attached hydrogen (secondary N) is 3. The molecule has 1 saturated heterocycles. The molecule has 1 aliphatic heterocycles. The Morgan fingerprint density at radius 2 is 2.10 bits per heavy atom. The van der Waals surface area contributed by atoms with E-state index in [0.29, 0.717) is 31.6 Å². The van der Waals surface area contributed by atoms with Gasteiger partial charge in [0.1, 0.15) is 4.90 Å². The van der Waals surface area contributed by atoms with E-state index in [0.717, 1.165) is 45.6 Å². The normalized spacial score (nSPS) is 15.4. The van der Waals surface area contributed by atoms with E-state index < -0.39 is 10.0 Å². The van der Waals surface area contributed by atoms with E-state index in [2.05, 4.69) is 25.3 Å². The van der Waals surface area contributed by atoms with Crippen molar-refractivity contribution >= 4 is 40.0 Å². The maximum atomic E-state index is 12.1. The third-order valence-corrected chi connectivity index (χ3v) is 5.86. The van der Waals surface area contributed by atoms with E-state index >= 15 is 0 Å². The van der Waals surface area contributed by atoms with Crippen LogP contribution < -0.4 is 15.4 Å². The summed E-state index contributed by atoms with van der Waals surface area (Å²) in [5, 5.41) is 6.28. The van der Waals surface area contributed by atoms with Gasteiger partial charge in [0.25, 0.3) is 0 Å². The number of hydrogen-bond donors (Lipinski definition) is 3. The molecule has 0 amide bonds. The molecule has 0 radical (unpaired) electrons. The number of halogens is 1. The predicted octanol–water partition coefficient (Wildman–Crippen LogP) is 1.37. The number of guanidine groups is 1. The molecule has 0 aromatic carbocycles. The number of sulfonamides is 1. The second-order valence-electron chi connectivity index (χ2n) is 6.76. The summed E-state index contributed by atoms with van der Waals surface area (Å²) in [6.07, 6.45) is 5.86. The highest BCUT2D eigenvalue weighted by Gasteiger charge is 2.14. The second kappa shape index (κ2) is 15.7. The number of aliphatic imine (C=N–C) groups is 1. The first-order chi connectivity index (χ1) is 14.1. The smallest absolute Gasteiger partial charge is 0.242 e. The summed E-state index contributed by atoms with van der Waals surface area (Å²) in [4.78, 5) is 8.48. The molecule has 2 rings (SSSR count). The Kier molecular flexibility index (Phi) is 14.2. The van der Waals surface area contributed by atoms with Crippen molar-refractivity contribution in [2.75, 3.05) is 52.6 Å². The molecule has 0 unspecified atom stereocenters. The Hall–Kier alpha value is -1.02. The molecule has 0 saturated carbocycles. The highest BCUT2D eigenvalue weighted by atomic mass is 127. The van der Waals surface area contributed by atoms with Crippen LogP contribution in [0.4, 0.5) is 0 Å². The molecule has 2 heterocycles. The Balaban J connectivity index is 0.00000450. The van der Waals surface area contributed by atoms with Crippen LogP contribution in [0.25, 0.3) is 0 Å². The van der Waals surface area contributed by atoms with Crippen molar-refractivity contribution in [2.24, 2.45) is 10.9 Å². The van der Waals surface area contributed by atoms with E-state index in [1.54, 1.807) is 6.07 Å². The first-order valence-corrected chi connectivity index (χ1v) is 11.7. The molecule has 3 N–H and O–H groups in total. The number of aromatic nitrogens is 1. The van der Waals surface area contributed by atoms with Gasteiger partial charge in [0, 0.05) is 65.0 Å². The number of rotatable bonds is 12. The Morgan fingerprint density at radius 3 is 2.80 bits per heavy atom. The van der Waals surface area contributed by atoms with Crippen LogP contribution in [0.1, 0.15) is 26.2 Å². The van der Waals surface area contributed by atoms with Crippen LogP contribution in [0.15, 0.2) is 34.4 Å². The molecule has 172 valence electrons. The largest absolute Gasteiger partial charge is 0.381 e. The van der Waals surface area contributed by atoms with Crippen LogP contribution in [-0.2, 0) is 19.5 Å². The van der Waals surface area contributed by atoms with Crippen molar-refractivity contribution in [1.29, 1.82) is 0 Å². The summed E-state index contributed by atoms with van der Waals surface area (Å²) >= 11 is 0. The van der Waals surface area contributed by atoms with E-state index in [1.807, 2.05) is 6.92 Å². The van der Waals surface area contributed by atoms with Gasteiger partial charge in [0.15, 0.2) is 5.96 Å². The summed E-state index contributed by atoms with van der Waals surface area (Å²) in [7, 11) is -3.54. The molecule has 11 heteroatoms. The molecule has 0 aliphatic carbocycles. The monoisotopic (exact) mass is 555 g/mol. The van der Waals surface area contributed by atoms with E-state index in [4.69, 9.17) is 9.47 Å². The maximum absolute atomic E-state index is 12.1. The fraction of sp³-hybridized carbons (Fsp3) is 0.684. The highest BCUT2D eigenvalue weighted by Crippen LogP contribution is 2.14. The fourth-order valence-electron chi connectivity index (χ4n) is 2.82. The van der Waals surface area contributed by atoms with Crippen LogP contribution in [-0.4, -0.2) is 72.0 Å². The van der Waals surface area contributed by atoms with Gasteiger partial charge in [-0.2, -0.15) is 0 Å². The molecule has 1 aliphatic rings. The Labute approximate surface area is 196 Å². The molecule has 0 bridgehead atoms. The lowest BCUT2D eigenvalue weighted by molar-refractivity contribution is 0.0205. The number of ether oxygens (including phenoxy) is 2. The molecule has 1 aromatic rings. The average Bonchev–Trinajstić information content (AvgIpc) is 2.75. The quantitative estimate of drug-likeness (QED) is 0.155. The summed E-state index contributed by atoms with van der Waals surface area (Å²) in [5.41, 5.74) is 0. The van der Waals surface area contributed by atoms with Crippen molar-refractivity contribution in [1.82, 2.24) is 20.3 Å². The summed E-state index contributed by atoms with van der Waals surface area (Å²) in [5.74, 6) is 1.28. The van der Waals surface area contributed by atoms with Crippen molar-refractivity contribution in [2.45, 2.75) is 31.1 Å². The van der Waals surface area contributed by atoms with E-state index in [9.17, 15) is 8.42 Å². The van der Waals surface area contributed by atoms with Crippen LogP contribution in [0.3, 0.4) is 0 Å². The third-order valence-electron chi connectivity index (χ3n) is 4.41. The highest BCUT2D eigenvalue weighted by molar-refractivity contribution is 14.0. The lowest BCUT2D eigenvalue weighted by Crippen LogP contribution is -2.41. The third kappa shape index (κ3) is 10.8. The van der Waals surface area contributed by atoms with Crippen molar-refractivity contribution < 1.29 is 17.9 Å². The van der Waals surface area contributed by atoms with Crippen LogP contribution in [0.5, 0.6) is 0 Å². The minimum atomic E-state index is -3.54. The second-order valence-corrected chi connectivity index (χ2v) is 8.53. The lowest BCUT2D eigenvalue weighted by atomic mass is 10.0. The number of pyridine rings is 1. The zero-order chi connectivity index (χ0) is 20.8. The van der Waals surface area contributed by atoms with Gasteiger partial charge in [-0.25, -0.2) is 13.1 Å². The Morgan fingerprint density at radius 1 is 1.30 bits per heavy atom. The molecular weight excluding hydrogens is 521 g/mol. The summed E-state index contributed by atoms with van der Waals surface area (Å²) in [6, 6.07) is 3.11. The minimum Gasteiger partial charge on any atom is -0.381 e. The zero-order valence-electron chi connectivity index (χ0n) is 17.5. The molecule has 9 nitrogen and oxygen atoms in total. The van der Waals surface area contributed by atoms with Gasteiger partial charge in [-0.1, -0.05) is 0 Å². The number of hydrogen-bond acceptors (Lipinski definition) is 6. The van der Waals surface area contributed by atoms with Crippen molar-refractivity contribution in [3.8, 4) is 0 Å². The molecule has 0 spiro atoms. The zero-order valence-corrected chi connectivity index (χ0v) is 20.7. The van der Waals surface area contributed by atoms with Gasteiger partial charge in [-0.05, 0) is 44.2 Å². The SMILES string of the molecule is CCNC(=NCCCOCC1CCOCC1)NCCNS(=O)(=O)c1cccnc1.I. The van der Waals surface area contributed by atoms with E-state index in [1.165, 1.54) is 18.5 Å². The summed E-state index contributed by atoms with van der Waals surface area (Å²) in [6.45, 7) is 7.19. The van der Waals surface area contributed by atoms with Crippen LogP contribution in [0, 0.1) is 5.92 Å². The predicted molar refractivity (Wildman–Crippen MR) is 128 cm³/mol. The Bertz CT molecular complexity index is 700. The van der Waals surface area contributed by atoms with Crippen LogP contribution in [0.2, 0.25) is 0 Å². The van der Waals surface area contributed by atoms with Gasteiger partial charge < -0.3 is 20.1 Å². The van der Waals surface area contributed by atoms with E-state index in [-0.39, 0.29) is 35.4 Å². The maximum Gasteiger partial charge on any atom is 0.242 e. The molecule has 1 fully saturated rings. The standard InChI is InChI=1S/C19H33N5O4S.HI/c1-2-21-19(22-9-4-12-28-16-17-6-13-27-14-7-17)23-10-11-24-29(25,26)18-5-3-8-20-15-18;/h3,5,8,15,17,24H,2,4,6-7,9-14,16H2,1H3,(H2,21,22,23);1H. The van der Waals surface area contributed by atoms with Gasteiger partial charge in [0.2, 0.25) is 10.0 Å². The lowest BCUT2D eigenvalue weighted by Gasteiger charge is -2.21. The van der Waals surface area contributed by atoms with Gasteiger partial charge >= 0.3 is 0 Å². The molecule has 1 aromatic heterocycles.